The third kappa shape index (κ3) is 3.08. The fourth-order valence-electron chi connectivity index (χ4n) is 1.74. The molecule has 0 aromatic rings. The Morgan fingerprint density at radius 2 is 1.87 bits per heavy atom. The Morgan fingerprint density at radius 3 is 2.40 bits per heavy atom. The summed E-state index contributed by atoms with van der Waals surface area (Å²) in [7, 11) is 0. The number of hydrogen-bond donors (Lipinski definition) is 2. The number of carboxylic acids is 1. The van der Waals surface area contributed by atoms with Crippen LogP contribution in [0.25, 0.3) is 0 Å². The molecule has 0 radical (unpaired) electrons. The average molecular weight is 211 g/mol. The van der Waals surface area contributed by atoms with Crippen molar-refractivity contribution in [2.75, 3.05) is 6.54 Å². The van der Waals surface area contributed by atoms with Gasteiger partial charge in [-0.05, 0) is 32.1 Å². The monoisotopic (exact) mass is 211 g/mol. The number of amides is 1. The molecule has 0 aliphatic heterocycles. The van der Waals surface area contributed by atoms with Crippen LogP contribution >= 0.6 is 0 Å². The SMILES string of the molecule is CCCNC(=O)C1=C(C(=O)O)CCCC1. The van der Waals surface area contributed by atoms with Crippen LogP contribution in [0.15, 0.2) is 11.1 Å². The zero-order chi connectivity index (χ0) is 11.3. The molecule has 4 nitrogen and oxygen atoms in total. The van der Waals surface area contributed by atoms with Crippen molar-refractivity contribution in [3.05, 3.63) is 11.1 Å². The summed E-state index contributed by atoms with van der Waals surface area (Å²) < 4.78 is 0. The molecule has 0 fully saturated rings. The summed E-state index contributed by atoms with van der Waals surface area (Å²) in [6, 6.07) is 0. The Morgan fingerprint density at radius 1 is 1.27 bits per heavy atom. The van der Waals surface area contributed by atoms with E-state index in [1.54, 1.807) is 0 Å². The van der Waals surface area contributed by atoms with Gasteiger partial charge < -0.3 is 10.4 Å². The Balaban J connectivity index is 2.77. The van der Waals surface area contributed by atoms with Gasteiger partial charge in [0.15, 0.2) is 0 Å². The van der Waals surface area contributed by atoms with Gasteiger partial charge in [0.2, 0.25) is 5.91 Å². The molecule has 84 valence electrons. The van der Waals surface area contributed by atoms with E-state index in [1.807, 2.05) is 6.92 Å². The van der Waals surface area contributed by atoms with Crippen molar-refractivity contribution in [3.63, 3.8) is 0 Å². The summed E-state index contributed by atoms with van der Waals surface area (Å²) >= 11 is 0. The van der Waals surface area contributed by atoms with E-state index in [0.29, 0.717) is 30.5 Å². The maximum atomic E-state index is 11.6. The van der Waals surface area contributed by atoms with Crippen molar-refractivity contribution in [2.24, 2.45) is 0 Å². The summed E-state index contributed by atoms with van der Waals surface area (Å²) in [6.45, 7) is 2.57. The number of rotatable bonds is 4. The average Bonchev–Trinajstić information content (AvgIpc) is 2.25. The van der Waals surface area contributed by atoms with Crippen LogP contribution in [0.5, 0.6) is 0 Å². The summed E-state index contributed by atoms with van der Waals surface area (Å²) in [5.41, 5.74) is 0.775. The van der Waals surface area contributed by atoms with Crippen molar-refractivity contribution in [2.45, 2.75) is 39.0 Å². The molecule has 0 bridgehead atoms. The van der Waals surface area contributed by atoms with Crippen LogP contribution in [0.4, 0.5) is 0 Å². The molecule has 15 heavy (non-hydrogen) atoms. The normalized spacial score (nSPS) is 16.3. The van der Waals surface area contributed by atoms with Crippen molar-refractivity contribution in [1.82, 2.24) is 5.32 Å². The van der Waals surface area contributed by atoms with E-state index in [9.17, 15) is 9.59 Å². The molecule has 1 rings (SSSR count). The molecule has 2 N–H and O–H groups in total. The van der Waals surface area contributed by atoms with Gasteiger partial charge in [-0.1, -0.05) is 6.92 Å². The summed E-state index contributed by atoms with van der Waals surface area (Å²) in [4.78, 5) is 22.5. The maximum absolute atomic E-state index is 11.6. The van der Waals surface area contributed by atoms with Crippen LogP contribution in [0.3, 0.4) is 0 Å². The molecule has 1 aliphatic rings. The van der Waals surface area contributed by atoms with E-state index in [1.165, 1.54) is 0 Å². The smallest absolute Gasteiger partial charge is 0.332 e. The molecular weight excluding hydrogens is 194 g/mol. The second kappa shape index (κ2) is 5.53. The predicted molar refractivity (Wildman–Crippen MR) is 56.4 cm³/mol. The number of carbonyl (C=O) groups is 2. The lowest BCUT2D eigenvalue weighted by molar-refractivity contribution is -0.133. The zero-order valence-corrected chi connectivity index (χ0v) is 9.01. The number of aliphatic carboxylic acids is 1. The van der Waals surface area contributed by atoms with Crippen molar-refractivity contribution >= 4 is 11.9 Å². The van der Waals surface area contributed by atoms with E-state index in [-0.39, 0.29) is 5.91 Å². The lowest BCUT2D eigenvalue weighted by Crippen LogP contribution is -2.28. The number of hydrogen-bond acceptors (Lipinski definition) is 2. The minimum absolute atomic E-state index is 0.200. The largest absolute Gasteiger partial charge is 0.478 e. The fourth-order valence-corrected chi connectivity index (χ4v) is 1.74. The molecule has 1 aliphatic carbocycles. The second-order valence-electron chi connectivity index (χ2n) is 3.73. The minimum atomic E-state index is -0.948. The Kier molecular flexibility index (Phi) is 4.34. The third-order valence-corrected chi connectivity index (χ3v) is 2.54. The Labute approximate surface area is 89.4 Å². The van der Waals surface area contributed by atoms with Gasteiger partial charge in [0.25, 0.3) is 0 Å². The van der Waals surface area contributed by atoms with Gasteiger partial charge in [0.1, 0.15) is 0 Å². The highest BCUT2D eigenvalue weighted by Crippen LogP contribution is 2.24. The number of carboxylic acid groups (broad SMARTS) is 1. The fraction of sp³-hybridized carbons (Fsp3) is 0.636. The van der Waals surface area contributed by atoms with Gasteiger partial charge in [-0.25, -0.2) is 4.79 Å². The molecule has 1 amide bonds. The highest BCUT2D eigenvalue weighted by atomic mass is 16.4. The lowest BCUT2D eigenvalue weighted by atomic mass is 9.91. The summed E-state index contributed by atoms with van der Waals surface area (Å²) in [6.07, 6.45) is 3.75. The third-order valence-electron chi connectivity index (χ3n) is 2.54. The first-order valence-electron chi connectivity index (χ1n) is 5.40. The molecule has 4 heteroatoms. The minimum Gasteiger partial charge on any atom is -0.478 e. The molecule has 0 saturated carbocycles. The van der Waals surface area contributed by atoms with Gasteiger partial charge in [0.05, 0.1) is 0 Å². The standard InChI is InChI=1S/C11H17NO3/c1-2-7-12-10(13)8-5-3-4-6-9(8)11(14)15/h2-7H2,1H3,(H,12,13)(H,14,15). The highest BCUT2D eigenvalue weighted by molar-refractivity contribution is 6.02. The second-order valence-corrected chi connectivity index (χ2v) is 3.73. The van der Waals surface area contributed by atoms with Crippen LogP contribution in [0, 0.1) is 0 Å². The van der Waals surface area contributed by atoms with Crippen LogP contribution in [0.1, 0.15) is 39.0 Å². The van der Waals surface area contributed by atoms with Crippen molar-refractivity contribution < 1.29 is 14.7 Å². The van der Waals surface area contributed by atoms with E-state index in [2.05, 4.69) is 5.32 Å². The zero-order valence-electron chi connectivity index (χ0n) is 9.01. The molecular formula is C11H17NO3. The Bertz CT molecular complexity index is 294. The topological polar surface area (TPSA) is 66.4 Å². The van der Waals surface area contributed by atoms with E-state index >= 15 is 0 Å². The molecule has 0 aromatic carbocycles. The van der Waals surface area contributed by atoms with Crippen LogP contribution in [0.2, 0.25) is 0 Å². The number of nitrogens with one attached hydrogen (secondary N) is 1. The first-order chi connectivity index (χ1) is 7.16. The molecule has 0 saturated heterocycles. The quantitative estimate of drug-likeness (QED) is 0.740. The van der Waals surface area contributed by atoms with E-state index in [4.69, 9.17) is 5.11 Å². The number of carbonyl (C=O) groups excluding carboxylic acids is 1. The molecule has 0 aromatic heterocycles. The van der Waals surface area contributed by atoms with Gasteiger partial charge in [-0.3, -0.25) is 4.79 Å². The molecule has 0 atom stereocenters. The van der Waals surface area contributed by atoms with Gasteiger partial charge in [-0.2, -0.15) is 0 Å². The van der Waals surface area contributed by atoms with Crippen LogP contribution in [-0.2, 0) is 9.59 Å². The van der Waals surface area contributed by atoms with Gasteiger partial charge in [0, 0.05) is 17.7 Å². The van der Waals surface area contributed by atoms with Gasteiger partial charge in [-0.15, -0.1) is 0 Å². The van der Waals surface area contributed by atoms with E-state index < -0.39 is 5.97 Å². The first kappa shape index (κ1) is 11.8. The maximum Gasteiger partial charge on any atom is 0.332 e. The highest BCUT2D eigenvalue weighted by Gasteiger charge is 2.22. The lowest BCUT2D eigenvalue weighted by Gasteiger charge is -2.16. The molecule has 0 unspecified atom stereocenters. The predicted octanol–water partition coefficient (Wildman–Crippen LogP) is 1.47. The van der Waals surface area contributed by atoms with Crippen molar-refractivity contribution in [3.8, 4) is 0 Å². The Hall–Kier alpha value is -1.32. The first-order valence-corrected chi connectivity index (χ1v) is 5.40. The van der Waals surface area contributed by atoms with Crippen LogP contribution in [-0.4, -0.2) is 23.5 Å². The molecule has 0 spiro atoms. The van der Waals surface area contributed by atoms with Crippen LogP contribution < -0.4 is 5.32 Å². The summed E-state index contributed by atoms with van der Waals surface area (Å²) in [5.74, 6) is -1.15. The summed E-state index contributed by atoms with van der Waals surface area (Å²) in [5, 5.41) is 11.7. The van der Waals surface area contributed by atoms with Crippen molar-refractivity contribution in [1.29, 1.82) is 0 Å². The van der Waals surface area contributed by atoms with Gasteiger partial charge >= 0.3 is 5.97 Å². The molecule has 0 heterocycles. The van der Waals surface area contributed by atoms with E-state index in [0.717, 1.165) is 19.3 Å².